The summed E-state index contributed by atoms with van der Waals surface area (Å²) in [4.78, 5) is 6.51. The topological polar surface area (TPSA) is 25.4 Å². The minimum absolute atomic E-state index is 0.286. The second kappa shape index (κ2) is 6.33. The van der Waals surface area contributed by atoms with Crippen LogP contribution in [0.5, 0.6) is 0 Å². The highest BCUT2D eigenvalue weighted by Gasteiger charge is 2.18. The van der Waals surface area contributed by atoms with Crippen LogP contribution in [0.3, 0.4) is 0 Å². The molecule has 2 aromatic rings. The molecule has 1 atom stereocenters. The van der Waals surface area contributed by atoms with Gasteiger partial charge < -0.3 is 4.74 Å². The van der Waals surface area contributed by atoms with Crippen molar-refractivity contribution in [2.75, 3.05) is 26.3 Å². The lowest BCUT2D eigenvalue weighted by Crippen LogP contribution is -2.37. The van der Waals surface area contributed by atoms with E-state index in [0.717, 1.165) is 31.9 Å². The molecule has 0 amide bonds. The normalized spacial score (nSPS) is 17.6. The van der Waals surface area contributed by atoms with E-state index in [0.29, 0.717) is 11.7 Å². The lowest BCUT2D eigenvalue weighted by atomic mass is 10.0. The van der Waals surface area contributed by atoms with Crippen molar-refractivity contribution in [1.29, 1.82) is 0 Å². The average molecular weight is 286 g/mol. The van der Waals surface area contributed by atoms with E-state index in [4.69, 9.17) is 4.74 Å². The van der Waals surface area contributed by atoms with E-state index >= 15 is 0 Å². The molecule has 1 aliphatic rings. The molecule has 3 rings (SSSR count). The molecule has 0 N–H and O–H groups in total. The standard InChI is InChI=1S/C17H19FN2O/c1-13(20-9-11-21-12-10-20)14-4-6-15(7-5-14)17-16(18)3-2-8-19-17/h2-8,13H,9-12H2,1H3/t13-/m1/s1. The minimum Gasteiger partial charge on any atom is -0.379 e. The lowest BCUT2D eigenvalue weighted by molar-refractivity contribution is 0.0198. The van der Waals surface area contributed by atoms with Crippen LogP contribution in [-0.2, 0) is 4.74 Å². The Morgan fingerprint density at radius 3 is 2.52 bits per heavy atom. The van der Waals surface area contributed by atoms with Crippen LogP contribution >= 0.6 is 0 Å². The molecular formula is C17H19FN2O. The number of nitrogens with zero attached hydrogens (tertiary/aromatic N) is 2. The highest BCUT2D eigenvalue weighted by molar-refractivity contribution is 5.59. The van der Waals surface area contributed by atoms with Crippen LogP contribution in [0.25, 0.3) is 11.3 Å². The lowest BCUT2D eigenvalue weighted by Gasteiger charge is -2.32. The van der Waals surface area contributed by atoms with E-state index in [9.17, 15) is 4.39 Å². The summed E-state index contributed by atoms with van der Waals surface area (Å²) in [7, 11) is 0. The highest BCUT2D eigenvalue weighted by atomic mass is 19.1. The molecular weight excluding hydrogens is 267 g/mol. The summed E-state index contributed by atoms with van der Waals surface area (Å²) in [6, 6.07) is 11.4. The number of hydrogen-bond acceptors (Lipinski definition) is 3. The van der Waals surface area contributed by atoms with E-state index in [-0.39, 0.29) is 5.82 Å². The monoisotopic (exact) mass is 286 g/mol. The van der Waals surface area contributed by atoms with Crippen LogP contribution in [0.1, 0.15) is 18.5 Å². The maximum absolute atomic E-state index is 13.7. The van der Waals surface area contributed by atoms with Gasteiger partial charge in [-0.15, -0.1) is 0 Å². The Kier molecular flexibility index (Phi) is 4.27. The van der Waals surface area contributed by atoms with Gasteiger partial charge >= 0.3 is 0 Å². The van der Waals surface area contributed by atoms with Crippen LogP contribution < -0.4 is 0 Å². The summed E-state index contributed by atoms with van der Waals surface area (Å²) in [5, 5.41) is 0. The predicted molar refractivity (Wildman–Crippen MR) is 80.4 cm³/mol. The Morgan fingerprint density at radius 2 is 1.86 bits per heavy atom. The second-order valence-electron chi connectivity index (χ2n) is 5.28. The molecule has 0 radical (unpaired) electrons. The molecule has 1 fully saturated rings. The van der Waals surface area contributed by atoms with Gasteiger partial charge in [0.1, 0.15) is 11.5 Å². The number of ether oxygens (including phenoxy) is 1. The van der Waals surface area contributed by atoms with Crippen molar-refractivity contribution >= 4 is 0 Å². The van der Waals surface area contributed by atoms with Gasteiger partial charge in [-0.3, -0.25) is 9.88 Å². The van der Waals surface area contributed by atoms with Crippen LogP contribution in [0.4, 0.5) is 4.39 Å². The first-order valence-corrected chi connectivity index (χ1v) is 7.28. The molecule has 0 aliphatic carbocycles. The predicted octanol–water partition coefficient (Wildman–Crippen LogP) is 3.28. The zero-order valence-electron chi connectivity index (χ0n) is 12.1. The second-order valence-corrected chi connectivity index (χ2v) is 5.28. The van der Waals surface area contributed by atoms with Crippen molar-refractivity contribution in [2.45, 2.75) is 13.0 Å². The van der Waals surface area contributed by atoms with Gasteiger partial charge in [-0.25, -0.2) is 4.39 Å². The van der Waals surface area contributed by atoms with Gasteiger partial charge in [-0.2, -0.15) is 0 Å². The third-order valence-electron chi connectivity index (χ3n) is 4.02. The smallest absolute Gasteiger partial charge is 0.149 e. The van der Waals surface area contributed by atoms with Gasteiger partial charge in [0.15, 0.2) is 0 Å². The summed E-state index contributed by atoms with van der Waals surface area (Å²) in [6.07, 6.45) is 1.61. The van der Waals surface area contributed by atoms with Crippen molar-refractivity contribution in [3.8, 4) is 11.3 Å². The third kappa shape index (κ3) is 3.12. The number of morpholine rings is 1. The Morgan fingerprint density at radius 1 is 1.14 bits per heavy atom. The zero-order chi connectivity index (χ0) is 14.7. The number of aromatic nitrogens is 1. The summed E-state index contributed by atoms with van der Waals surface area (Å²) in [5.41, 5.74) is 2.45. The molecule has 0 unspecified atom stereocenters. The van der Waals surface area contributed by atoms with Crippen molar-refractivity contribution < 1.29 is 9.13 Å². The quantitative estimate of drug-likeness (QED) is 0.866. The third-order valence-corrected chi connectivity index (χ3v) is 4.02. The van der Waals surface area contributed by atoms with Crippen molar-refractivity contribution in [3.63, 3.8) is 0 Å². The molecule has 4 heteroatoms. The van der Waals surface area contributed by atoms with Gasteiger partial charge in [0.25, 0.3) is 0 Å². The van der Waals surface area contributed by atoms with Crippen LogP contribution in [-0.4, -0.2) is 36.2 Å². The van der Waals surface area contributed by atoms with Crippen LogP contribution in [0, 0.1) is 5.82 Å². The largest absolute Gasteiger partial charge is 0.379 e. The van der Waals surface area contributed by atoms with Gasteiger partial charge in [-0.1, -0.05) is 24.3 Å². The fourth-order valence-electron chi connectivity index (χ4n) is 2.69. The molecule has 1 aromatic heterocycles. The molecule has 21 heavy (non-hydrogen) atoms. The minimum atomic E-state index is -0.286. The number of rotatable bonds is 3. The summed E-state index contributed by atoms with van der Waals surface area (Å²) >= 11 is 0. The van der Waals surface area contributed by atoms with Gasteiger partial charge in [0, 0.05) is 30.9 Å². The highest BCUT2D eigenvalue weighted by Crippen LogP contribution is 2.25. The van der Waals surface area contributed by atoms with Gasteiger partial charge in [0.2, 0.25) is 0 Å². The molecule has 0 bridgehead atoms. The number of halogens is 1. The maximum atomic E-state index is 13.7. The molecule has 1 aliphatic heterocycles. The molecule has 3 nitrogen and oxygen atoms in total. The van der Waals surface area contributed by atoms with E-state index in [1.807, 2.05) is 12.1 Å². The number of pyridine rings is 1. The molecule has 1 saturated heterocycles. The van der Waals surface area contributed by atoms with Crippen molar-refractivity contribution in [1.82, 2.24) is 9.88 Å². The maximum Gasteiger partial charge on any atom is 0.149 e. The van der Waals surface area contributed by atoms with Gasteiger partial charge in [0.05, 0.1) is 13.2 Å². The molecule has 110 valence electrons. The molecule has 0 saturated carbocycles. The van der Waals surface area contributed by atoms with Crippen LogP contribution in [0.2, 0.25) is 0 Å². The Bertz CT molecular complexity index is 594. The Balaban J connectivity index is 1.79. The fraction of sp³-hybridized carbons (Fsp3) is 0.353. The first kappa shape index (κ1) is 14.2. The fourth-order valence-corrected chi connectivity index (χ4v) is 2.69. The first-order valence-electron chi connectivity index (χ1n) is 7.28. The SMILES string of the molecule is C[C@H](c1ccc(-c2ncccc2F)cc1)N1CCOCC1. The average Bonchev–Trinajstić information content (AvgIpc) is 2.56. The van der Waals surface area contributed by atoms with Crippen molar-refractivity contribution in [2.24, 2.45) is 0 Å². The molecule has 0 spiro atoms. The number of benzene rings is 1. The van der Waals surface area contributed by atoms with E-state index in [1.54, 1.807) is 12.3 Å². The van der Waals surface area contributed by atoms with Crippen molar-refractivity contribution in [3.05, 3.63) is 54.0 Å². The Hall–Kier alpha value is -1.78. The summed E-state index contributed by atoms with van der Waals surface area (Å²) in [5.74, 6) is -0.286. The number of hydrogen-bond donors (Lipinski definition) is 0. The first-order chi connectivity index (χ1) is 10.3. The van der Waals surface area contributed by atoms with Crippen LogP contribution in [0.15, 0.2) is 42.6 Å². The van der Waals surface area contributed by atoms with E-state index < -0.39 is 0 Å². The summed E-state index contributed by atoms with van der Waals surface area (Å²) in [6.45, 7) is 5.69. The zero-order valence-corrected chi connectivity index (χ0v) is 12.1. The van der Waals surface area contributed by atoms with E-state index in [2.05, 4.69) is 28.9 Å². The molecule has 2 heterocycles. The molecule has 1 aromatic carbocycles. The van der Waals surface area contributed by atoms with E-state index in [1.165, 1.54) is 11.6 Å². The summed E-state index contributed by atoms with van der Waals surface area (Å²) < 4.78 is 19.1. The Labute approximate surface area is 124 Å². The van der Waals surface area contributed by atoms with Gasteiger partial charge in [-0.05, 0) is 24.6 Å².